The molecule has 11 heteroatoms. The molecule has 0 fully saturated rings. The lowest BCUT2D eigenvalue weighted by Crippen LogP contribution is -2.41. The van der Waals surface area contributed by atoms with Crippen LogP contribution in [0.2, 0.25) is 0 Å². The number of benzene rings is 2. The van der Waals surface area contributed by atoms with Crippen LogP contribution >= 0.6 is 0 Å². The van der Waals surface area contributed by atoms with Crippen LogP contribution in [0.25, 0.3) is 0 Å². The topological polar surface area (TPSA) is 105 Å². The van der Waals surface area contributed by atoms with E-state index in [1.54, 1.807) is 13.0 Å². The van der Waals surface area contributed by atoms with Gasteiger partial charge in [-0.1, -0.05) is 32.0 Å². The average molecular weight is 591 g/mol. The summed E-state index contributed by atoms with van der Waals surface area (Å²) < 4.78 is 69.2. The Labute approximate surface area is 240 Å². The molecule has 0 unspecified atom stereocenters. The number of nitrogens with one attached hydrogen (secondary N) is 1. The maximum atomic E-state index is 15.0. The summed E-state index contributed by atoms with van der Waals surface area (Å²) in [5.41, 5.74) is 8.27. The third kappa shape index (κ3) is 8.37. The Morgan fingerprint density at radius 3 is 2.29 bits per heavy atom. The fraction of sp³-hybridized carbons (Fsp3) is 0.400. The lowest BCUT2D eigenvalue weighted by Gasteiger charge is -2.29. The molecular formula is C30H37F3N4O3S. The SMILES string of the molecule is CCCN([C@@H](CC)CCc1c(F)cncc1NC(=O)[C@@H](N)[C@@H](c1ccc(F)cc1)c1cc(C)cc(F)c1)S(C)(=O)=O. The number of hydrogen-bond donors (Lipinski definition) is 2. The van der Waals surface area contributed by atoms with Crippen molar-refractivity contribution < 1.29 is 26.4 Å². The number of hydrogen-bond acceptors (Lipinski definition) is 5. The Morgan fingerprint density at radius 2 is 1.71 bits per heavy atom. The second-order valence-electron chi connectivity index (χ2n) is 10.2. The third-order valence-electron chi connectivity index (χ3n) is 7.05. The highest BCUT2D eigenvalue weighted by molar-refractivity contribution is 7.88. The minimum Gasteiger partial charge on any atom is -0.323 e. The summed E-state index contributed by atoms with van der Waals surface area (Å²) in [6.45, 7) is 5.81. The third-order valence-corrected chi connectivity index (χ3v) is 8.39. The second kappa shape index (κ2) is 14.1. The Balaban J connectivity index is 1.90. The van der Waals surface area contributed by atoms with Crippen LogP contribution in [0.1, 0.15) is 61.3 Å². The molecule has 1 aromatic heterocycles. The highest BCUT2D eigenvalue weighted by Crippen LogP contribution is 2.30. The number of aryl methyl sites for hydroxylation is 1. The fourth-order valence-electron chi connectivity index (χ4n) is 5.11. The van der Waals surface area contributed by atoms with Crippen LogP contribution < -0.4 is 11.1 Å². The van der Waals surface area contributed by atoms with Crippen molar-refractivity contribution in [1.82, 2.24) is 9.29 Å². The molecule has 0 saturated carbocycles. The van der Waals surface area contributed by atoms with Gasteiger partial charge in [0.2, 0.25) is 15.9 Å². The Kier molecular flexibility index (Phi) is 11.1. The van der Waals surface area contributed by atoms with Gasteiger partial charge in [0.25, 0.3) is 0 Å². The Morgan fingerprint density at radius 1 is 1.02 bits per heavy atom. The number of pyridine rings is 1. The number of halogens is 3. The molecule has 41 heavy (non-hydrogen) atoms. The standard InChI is InChI=1S/C30H37F3N4O3S/c1-5-13-37(41(4,39)40)24(6-2)11-12-25-26(33)17-35-18-27(25)36-30(38)29(34)28(20-7-9-22(31)10-8-20)21-14-19(3)15-23(32)16-21/h7-10,14-18,24,28-29H,5-6,11-13,34H2,1-4H3,(H,36,38)/t24-,28-,29-/m0/s1. The number of amides is 1. The van der Waals surface area contributed by atoms with Gasteiger partial charge in [0.05, 0.1) is 30.4 Å². The molecule has 1 heterocycles. The van der Waals surface area contributed by atoms with E-state index in [1.807, 2.05) is 13.8 Å². The molecule has 0 aliphatic rings. The summed E-state index contributed by atoms with van der Waals surface area (Å²) in [6, 6.07) is 8.14. The molecule has 0 bridgehead atoms. The molecule has 0 radical (unpaired) electrons. The predicted octanol–water partition coefficient (Wildman–Crippen LogP) is 5.29. The van der Waals surface area contributed by atoms with Gasteiger partial charge in [0, 0.05) is 24.1 Å². The molecule has 7 nitrogen and oxygen atoms in total. The molecule has 3 rings (SSSR count). The van der Waals surface area contributed by atoms with E-state index in [1.165, 1.54) is 46.9 Å². The zero-order valence-electron chi connectivity index (χ0n) is 23.7. The highest BCUT2D eigenvalue weighted by atomic mass is 32.2. The van der Waals surface area contributed by atoms with Crippen LogP contribution in [-0.2, 0) is 21.2 Å². The van der Waals surface area contributed by atoms with Crippen LogP contribution in [0, 0.1) is 24.4 Å². The first-order valence-corrected chi connectivity index (χ1v) is 15.4. The molecule has 3 aromatic rings. The molecular weight excluding hydrogens is 553 g/mol. The van der Waals surface area contributed by atoms with Crippen molar-refractivity contribution >= 4 is 21.6 Å². The number of aromatic nitrogens is 1. The van der Waals surface area contributed by atoms with Gasteiger partial charge >= 0.3 is 0 Å². The minimum atomic E-state index is -3.47. The van der Waals surface area contributed by atoms with E-state index in [0.29, 0.717) is 42.5 Å². The van der Waals surface area contributed by atoms with Crippen molar-refractivity contribution in [3.05, 3.63) is 94.6 Å². The van der Waals surface area contributed by atoms with Gasteiger partial charge < -0.3 is 11.1 Å². The number of carbonyl (C=O) groups excluding carboxylic acids is 1. The molecule has 1 amide bonds. The minimum absolute atomic E-state index is 0.106. The van der Waals surface area contributed by atoms with E-state index in [2.05, 4.69) is 10.3 Å². The number of anilines is 1. The first-order chi connectivity index (χ1) is 19.3. The zero-order chi connectivity index (χ0) is 30.3. The van der Waals surface area contributed by atoms with Crippen LogP contribution in [0.3, 0.4) is 0 Å². The van der Waals surface area contributed by atoms with E-state index in [-0.39, 0.29) is 23.7 Å². The molecule has 2 aromatic carbocycles. The quantitative estimate of drug-likeness (QED) is 0.282. The lowest BCUT2D eigenvalue weighted by atomic mass is 9.84. The first kappa shape index (κ1) is 32.2. The first-order valence-electron chi connectivity index (χ1n) is 13.5. The summed E-state index contributed by atoms with van der Waals surface area (Å²) >= 11 is 0. The highest BCUT2D eigenvalue weighted by Gasteiger charge is 2.30. The van der Waals surface area contributed by atoms with Gasteiger partial charge in [-0.3, -0.25) is 9.78 Å². The number of sulfonamides is 1. The van der Waals surface area contributed by atoms with Gasteiger partial charge in [0.15, 0.2) is 0 Å². The zero-order valence-corrected chi connectivity index (χ0v) is 24.5. The van der Waals surface area contributed by atoms with Crippen molar-refractivity contribution in [2.45, 2.75) is 64.5 Å². The summed E-state index contributed by atoms with van der Waals surface area (Å²) in [6.07, 6.45) is 5.11. The van der Waals surface area contributed by atoms with Crippen LogP contribution in [0.4, 0.5) is 18.9 Å². The summed E-state index contributed by atoms with van der Waals surface area (Å²) in [5, 5.41) is 2.67. The van der Waals surface area contributed by atoms with Crippen molar-refractivity contribution in [3.8, 4) is 0 Å². The van der Waals surface area contributed by atoms with E-state index in [0.717, 1.165) is 12.5 Å². The predicted molar refractivity (Wildman–Crippen MR) is 154 cm³/mol. The lowest BCUT2D eigenvalue weighted by molar-refractivity contribution is -0.117. The van der Waals surface area contributed by atoms with Crippen LogP contribution in [0.15, 0.2) is 54.9 Å². The summed E-state index contributed by atoms with van der Waals surface area (Å²) in [7, 11) is -3.47. The molecule has 0 spiro atoms. The van der Waals surface area contributed by atoms with Gasteiger partial charge in [-0.15, -0.1) is 0 Å². The molecule has 3 N–H and O–H groups in total. The number of nitrogens with two attached hydrogens (primary N) is 1. The van der Waals surface area contributed by atoms with E-state index in [4.69, 9.17) is 5.73 Å². The van der Waals surface area contributed by atoms with Gasteiger partial charge in [0.1, 0.15) is 17.5 Å². The van der Waals surface area contributed by atoms with Gasteiger partial charge in [-0.2, -0.15) is 4.31 Å². The van der Waals surface area contributed by atoms with Gasteiger partial charge in [-0.25, -0.2) is 21.6 Å². The van der Waals surface area contributed by atoms with E-state index < -0.39 is 45.3 Å². The fourth-order valence-corrected chi connectivity index (χ4v) is 6.42. The number of nitrogens with zero attached hydrogens (tertiary/aromatic N) is 2. The monoisotopic (exact) mass is 590 g/mol. The van der Waals surface area contributed by atoms with Crippen molar-refractivity contribution in [3.63, 3.8) is 0 Å². The number of carbonyl (C=O) groups is 1. The normalized spacial score (nSPS) is 14.1. The molecule has 0 aliphatic heterocycles. The number of rotatable bonds is 13. The van der Waals surface area contributed by atoms with E-state index in [9.17, 15) is 22.0 Å². The van der Waals surface area contributed by atoms with E-state index >= 15 is 4.39 Å². The second-order valence-corrected chi connectivity index (χ2v) is 12.2. The Bertz CT molecular complexity index is 1430. The average Bonchev–Trinajstić information content (AvgIpc) is 2.89. The molecule has 0 saturated heterocycles. The maximum Gasteiger partial charge on any atom is 0.242 e. The van der Waals surface area contributed by atoms with Crippen molar-refractivity contribution in [2.75, 3.05) is 18.1 Å². The smallest absolute Gasteiger partial charge is 0.242 e. The van der Waals surface area contributed by atoms with Crippen LogP contribution in [0.5, 0.6) is 0 Å². The maximum absolute atomic E-state index is 15.0. The summed E-state index contributed by atoms with van der Waals surface area (Å²) in [4.78, 5) is 17.4. The van der Waals surface area contributed by atoms with Crippen molar-refractivity contribution in [2.24, 2.45) is 5.73 Å². The van der Waals surface area contributed by atoms with Gasteiger partial charge in [-0.05, 0) is 73.6 Å². The summed E-state index contributed by atoms with van der Waals surface area (Å²) in [5.74, 6) is -3.14. The molecule has 0 aliphatic carbocycles. The largest absolute Gasteiger partial charge is 0.323 e. The van der Waals surface area contributed by atoms with Crippen molar-refractivity contribution in [1.29, 1.82) is 0 Å². The molecule has 3 atom stereocenters. The molecule has 222 valence electrons. The van der Waals surface area contributed by atoms with Crippen LogP contribution in [-0.4, -0.2) is 48.5 Å². The Hall–Kier alpha value is -3.28.